The molecule has 0 aromatic carbocycles. The maximum atomic E-state index is 11.1. The van der Waals surface area contributed by atoms with Crippen LogP contribution in [0.5, 0.6) is 0 Å². The average molecular weight is 615 g/mol. The Bertz CT molecular complexity index is 868. The maximum absolute atomic E-state index is 11.1. The summed E-state index contributed by atoms with van der Waals surface area (Å²) in [7, 11) is 0. The first-order valence-corrected chi connectivity index (χ1v) is 13.9. The molecule has 1 saturated carbocycles. The lowest BCUT2D eigenvalue weighted by atomic mass is 9.84. The molecule has 19 atom stereocenters. The van der Waals surface area contributed by atoms with Crippen molar-refractivity contribution in [2.75, 3.05) is 19.7 Å². The number of rotatable bonds is 9. The maximum Gasteiger partial charge on any atom is 0.187 e. The van der Waals surface area contributed by atoms with Crippen LogP contribution in [0.3, 0.4) is 0 Å². The number of aliphatic hydroxyl groups excluding tert-OH is 7. The van der Waals surface area contributed by atoms with Crippen molar-refractivity contribution >= 4 is 0 Å². The predicted octanol–water partition coefficient (Wildman–Crippen LogP) is -8.90. The Morgan fingerprint density at radius 1 is 0.524 bits per heavy atom. The van der Waals surface area contributed by atoms with E-state index in [0.717, 1.165) is 0 Å². The quantitative estimate of drug-likeness (QED) is 0.115. The van der Waals surface area contributed by atoms with Crippen LogP contribution in [0.2, 0.25) is 0 Å². The summed E-state index contributed by atoms with van der Waals surface area (Å²) < 4.78 is 34.6. The fourth-order valence-electron chi connectivity index (χ4n) is 5.74. The van der Waals surface area contributed by atoms with Gasteiger partial charge in [0.05, 0.1) is 24.8 Å². The van der Waals surface area contributed by atoms with Gasteiger partial charge in [-0.15, -0.1) is 0 Å². The van der Waals surface area contributed by atoms with E-state index in [4.69, 9.17) is 62.8 Å². The van der Waals surface area contributed by atoms with E-state index >= 15 is 0 Å². The highest BCUT2D eigenvalue weighted by Gasteiger charge is 2.54. The monoisotopic (exact) mass is 614 g/mol. The molecule has 19 heteroatoms. The second-order valence-corrected chi connectivity index (χ2v) is 11.2. The Morgan fingerprint density at radius 3 is 1.45 bits per heavy atom. The first-order chi connectivity index (χ1) is 19.8. The van der Waals surface area contributed by atoms with Gasteiger partial charge in [-0.3, -0.25) is 0 Å². The number of hydrogen-bond donors (Lipinski definition) is 13. The van der Waals surface area contributed by atoms with Gasteiger partial charge in [-0.25, -0.2) is 0 Å². The molecule has 246 valence electrons. The van der Waals surface area contributed by atoms with Crippen LogP contribution in [0, 0.1) is 0 Å². The summed E-state index contributed by atoms with van der Waals surface area (Å²) in [6.07, 6.45) is -19.8. The third kappa shape index (κ3) is 6.60. The molecule has 0 bridgehead atoms. The van der Waals surface area contributed by atoms with Crippen molar-refractivity contribution in [2.24, 2.45) is 34.4 Å². The number of ether oxygens (including phenoxy) is 6. The zero-order valence-corrected chi connectivity index (χ0v) is 22.8. The molecule has 0 aromatic rings. The molecule has 1 aliphatic carbocycles. The predicted molar refractivity (Wildman–Crippen MR) is 138 cm³/mol. The molecule has 0 radical (unpaired) electrons. The summed E-state index contributed by atoms with van der Waals surface area (Å²) in [5.41, 5.74) is 35.6. The molecule has 4 rings (SSSR count). The highest BCUT2D eigenvalue weighted by Crippen LogP contribution is 2.34. The first-order valence-electron chi connectivity index (χ1n) is 13.9. The third-order valence-corrected chi connectivity index (χ3v) is 8.37. The molecule has 4 fully saturated rings. The van der Waals surface area contributed by atoms with Crippen molar-refractivity contribution in [1.82, 2.24) is 0 Å². The molecular formula is C23H46N6O13. The van der Waals surface area contributed by atoms with E-state index in [9.17, 15) is 35.7 Å². The zero-order chi connectivity index (χ0) is 31.0. The molecule has 0 aromatic heterocycles. The fraction of sp³-hybridized carbons (Fsp3) is 1.00. The van der Waals surface area contributed by atoms with E-state index in [1.807, 2.05) is 0 Å². The lowest BCUT2D eigenvalue weighted by Crippen LogP contribution is -2.68. The Labute approximate surface area is 241 Å². The van der Waals surface area contributed by atoms with Crippen molar-refractivity contribution in [2.45, 2.75) is 123 Å². The average Bonchev–Trinajstić information content (AvgIpc) is 3.27. The second kappa shape index (κ2) is 14.1. The molecule has 0 spiro atoms. The third-order valence-electron chi connectivity index (χ3n) is 8.37. The van der Waals surface area contributed by atoms with Crippen molar-refractivity contribution in [1.29, 1.82) is 0 Å². The Hall–Kier alpha value is -0.760. The Kier molecular flexibility index (Phi) is 11.5. The van der Waals surface area contributed by atoms with Gasteiger partial charge < -0.3 is 98.6 Å². The largest absolute Gasteiger partial charge is 0.394 e. The van der Waals surface area contributed by atoms with Crippen LogP contribution in [-0.4, -0.2) is 172 Å². The molecule has 0 unspecified atom stereocenters. The van der Waals surface area contributed by atoms with Crippen LogP contribution >= 0.6 is 0 Å². The van der Waals surface area contributed by atoms with Crippen molar-refractivity contribution in [3.05, 3.63) is 0 Å². The van der Waals surface area contributed by atoms with Gasteiger partial charge in [0.2, 0.25) is 0 Å². The van der Waals surface area contributed by atoms with E-state index in [-0.39, 0.29) is 19.5 Å². The summed E-state index contributed by atoms with van der Waals surface area (Å²) in [5.74, 6) is 0. The fourth-order valence-corrected chi connectivity index (χ4v) is 5.74. The zero-order valence-electron chi connectivity index (χ0n) is 22.8. The van der Waals surface area contributed by atoms with Gasteiger partial charge in [-0.2, -0.15) is 0 Å². The minimum atomic E-state index is -1.60. The van der Waals surface area contributed by atoms with E-state index in [1.54, 1.807) is 0 Å². The van der Waals surface area contributed by atoms with Crippen LogP contribution in [-0.2, 0) is 28.4 Å². The van der Waals surface area contributed by atoms with Crippen LogP contribution in [0.1, 0.15) is 6.42 Å². The molecule has 19 nitrogen and oxygen atoms in total. The molecule has 0 amide bonds. The topological polar surface area (TPSA) is 353 Å². The van der Waals surface area contributed by atoms with Crippen LogP contribution in [0.25, 0.3) is 0 Å². The summed E-state index contributed by atoms with van der Waals surface area (Å²) in [6, 6.07) is -4.18. The number of aliphatic hydroxyl groups is 7. The normalized spacial score (nSPS) is 53.8. The van der Waals surface area contributed by atoms with Gasteiger partial charge in [0.1, 0.15) is 67.1 Å². The van der Waals surface area contributed by atoms with Gasteiger partial charge in [0.15, 0.2) is 18.9 Å². The lowest BCUT2D eigenvalue weighted by Gasteiger charge is -2.47. The van der Waals surface area contributed by atoms with Crippen LogP contribution in [0.15, 0.2) is 0 Å². The highest BCUT2D eigenvalue weighted by atomic mass is 16.8. The summed E-state index contributed by atoms with van der Waals surface area (Å²) >= 11 is 0. The van der Waals surface area contributed by atoms with Gasteiger partial charge in [-0.05, 0) is 6.42 Å². The molecule has 3 aliphatic heterocycles. The van der Waals surface area contributed by atoms with Crippen LogP contribution in [0.4, 0.5) is 0 Å². The van der Waals surface area contributed by atoms with Gasteiger partial charge in [0, 0.05) is 25.2 Å². The highest BCUT2D eigenvalue weighted by molar-refractivity contribution is 5.02. The first kappa shape index (κ1) is 34.1. The standard InChI is InChI=1S/C23H46N6O13/c24-2-7-13(32)15(34)10(28)21(37-7)40-18-6(27)1-5(26)12(31)20(18)42-23-17(36)19(9(4-30)39-23)41-22-11(29)16(35)14(33)8(3-25)38-22/h5-23,30-36H,1-4,24-29H2/t5-,6-,7+,8-,9-,10+,11+,12-,13+,14+,15-,16+,17+,18+,19+,20+,21+,22-,23-/m0/s1. The summed E-state index contributed by atoms with van der Waals surface area (Å²) in [6.45, 7) is -0.967. The minimum absolute atomic E-state index is 0.0889. The molecular weight excluding hydrogens is 568 g/mol. The lowest BCUT2D eigenvalue weighted by molar-refractivity contribution is -0.306. The number of nitrogens with two attached hydrogens (primary N) is 6. The van der Waals surface area contributed by atoms with Crippen molar-refractivity contribution in [3.63, 3.8) is 0 Å². The molecule has 19 N–H and O–H groups in total. The van der Waals surface area contributed by atoms with Gasteiger partial charge >= 0.3 is 0 Å². The smallest absolute Gasteiger partial charge is 0.187 e. The summed E-state index contributed by atoms with van der Waals surface area (Å²) in [4.78, 5) is 0. The Morgan fingerprint density at radius 2 is 0.976 bits per heavy atom. The molecule has 4 aliphatic rings. The minimum Gasteiger partial charge on any atom is -0.394 e. The van der Waals surface area contributed by atoms with E-state index < -0.39 is 123 Å². The van der Waals surface area contributed by atoms with E-state index in [0.29, 0.717) is 0 Å². The van der Waals surface area contributed by atoms with Crippen molar-refractivity contribution < 1.29 is 64.2 Å². The molecule has 3 saturated heterocycles. The SMILES string of the molecule is NC[C@@H]1O[C@@H](O[C@H]2[C@@H](O)[C@H](O[C@@H]3[C@@H](O)[C@@H](N)C[C@H](N)[C@H]3O[C@H]3O[C@H](CN)[C@@H](O)[C@@H](O)[C@H]3N)O[C@H]2CO)[C@H](N)[C@@H](O)[C@@H]1O. The summed E-state index contributed by atoms with van der Waals surface area (Å²) in [5, 5.41) is 73.0. The molecule has 3 heterocycles. The number of hydrogen-bond acceptors (Lipinski definition) is 19. The molecule has 42 heavy (non-hydrogen) atoms. The van der Waals surface area contributed by atoms with Gasteiger partial charge in [0.25, 0.3) is 0 Å². The second-order valence-electron chi connectivity index (χ2n) is 11.2. The van der Waals surface area contributed by atoms with E-state index in [1.165, 1.54) is 0 Å². The van der Waals surface area contributed by atoms with Crippen molar-refractivity contribution in [3.8, 4) is 0 Å². The van der Waals surface area contributed by atoms with E-state index in [2.05, 4.69) is 0 Å². The van der Waals surface area contributed by atoms with Crippen LogP contribution < -0.4 is 34.4 Å². The van der Waals surface area contributed by atoms with Gasteiger partial charge in [-0.1, -0.05) is 0 Å². The Balaban J connectivity index is 1.50.